The highest BCUT2D eigenvalue weighted by Crippen LogP contribution is 2.29. The molecule has 1 heterocycles. The number of aromatic nitrogens is 1. The van der Waals surface area contributed by atoms with Crippen LogP contribution in [0.3, 0.4) is 0 Å². The first-order valence-corrected chi connectivity index (χ1v) is 9.81. The van der Waals surface area contributed by atoms with Crippen LogP contribution in [-0.2, 0) is 17.6 Å². The van der Waals surface area contributed by atoms with Gasteiger partial charge in [-0.3, -0.25) is 4.79 Å². The second-order valence-electron chi connectivity index (χ2n) is 6.15. The zero-order chi connectivity index (χ0) is 20.6. The number of carbonyl (C=O) groups excluding carboxylic acids is 1. The lowest BCUT2D eigenvalue weighted by Gasteiger charge is -2.11. The minimum Gasteiger partial charge on any atom is -0.493 e. The van der Waals surface area contributed by atoms with Gasteiger partial charge in [0.2, 0.25) is 5.91 Å². The van der Waals surface area contributed by atoms with E-state index >= 15 is 0 Å². The van der Waals surface area contributed by atoms with E-state index in [0.717, 1.165) is 16.1 Å². The average molecular weight is 418 g/mol. The van der Waals surface area contributed by atoms with E-state index in [2.05, 4.69) is 15.0 Å². The lowest BCUT2D eigenvalue weighted by molar-refractivity contribution is -0.120. The van der Waals surface area contributed by atoms with Crippen molar-refractivity contribution in [2.24, 2.45) is 0 Å². The number of hydrogen-bond acceptors (Lipinski definition) is 5. The van der Waals surface area contributed by atoms with Crippen molar-refractivity contribution < 1.29 is 23.0 Å². The minimum absolute atomic E-state index is 0.0257. The Labute approximate surface area is 171 Å². The fourth-order valence-corrected chi connectivity index (χ4v) is 3.57. The summed E-state index contributed by atoms with van der Waals surface area (Å²) in [7, 11) is 1.38. The van der Waals surface area contributed by atoms with Crippen LogP contribution < -0.4 is 14.8 Å². The normalized spacial score (nSPS) is 10.8. The molecule has 29 heavy (non-hydrogen) atoms. The molecular formula is C21H20F2N2O3S. The van der Waals surface area contributed by atoms with Gasteiger partial charge in [0.05, 0.1) is 19.2 Å². The van der Waals surface area contributed by atoms with Crippen LogP contribution in [0.4, 0.5) is 8.78 Å². The Morgan fingerprint density at radius 2 is 1.97 bits per heavy atom. The summed E-state index contributed by atoms with van der Waals surface area (Å²) in [5.74, 6) is 0.0607. The Balaban J connectivity index is 1.51. The highest BCUT2D eigenvalue weighted by atomic mass is 32.1. The topological polar surface area (TPSA) is 60.5 Å². The third-order valence-corrected chi connectivity index (χ3v) is 5.03. The van der Waals surface area contributed by atoms with Gasteiger partial charge in [0.1, 0.15) is 5.01 Å². The van der Waals surface area contributed by atoms with Crippen molar-refractivity contribution in [1.29, 1.82) is 0 Å². The van der Waals surface area contributed by atoms with Crippen molar-refractivity contribution in [2.45, 2.75) is 19.5 Å². The monoisotopic (exact) mass is 418 g/mol. The molecule has 0 bridgehead atoms. The SMILES string of the molecule is COc1ccc(CCNC(=O)Cc2csc(-c3ccccc3)n2)cc1OC(F)F. The first-order valence-electron chi connectivity index (χ1n) is 8.93. The van der Waals surface area contributed by atoms with Crippen LogP contribution in [0.2, 0.25) is 0 Å². The highest BCUT2D eigenvalue weighted by molar-refractivity contribution is 7.13. The number of methoxy groups -OCH3 is 1. The molecule has 0 saturated heterocycles. The second-order valence-corrected chi connectivity index (χ2v) is 7.01. The van der Waals surface area contributed by atoms with Crippen molar-refractivity contribution in [3.8, 4) is 22.1 Å². The third-order valence-electron chi connectivity index (χ3n) is 4.09. The number of carbonyl (C=O) groups is 1. The van der Waals surface area contributed by atoms with Gasteiger partial charge in [-0.25, -0.2) is 4.98 Å². The van der Waals surface area contributed by atoms with E-state index < -0.39 is 6.61 Å². The average Bonchev–Trinajstić information content (AvgIpc) is 3.17. The van der Waals surface area contributed by atoms with Gasteiger partial charge in [-0.15, -0.1) is 11.3 Å². The third kappa shape index (κ3) is 5.99. The lowest BCUT2D eigenvalue weighted by atomic mass is 10.1. The van der Waals surface area contributed by atoms with Crippen LogP contribution in [0.15, 0.2) is 53.9 Å². The Kier molecular flexibility index (Phi) is 7.13. The first-order chi connectivity index (χ1) is 14.0. The molecule has 3 rings (SSSR count). The van der Waals surface area contributed by atoms with Crippen LogP contribution in [0.25, 0.3) is 10.6 Å². The molecule has 152 valence electrons. The van der Waals surface area contributed by atoms with Crippen molar-refractivity contribution in [1.82, 2.24) is 10.3 Å². The Morgan fingerprint density at radius 1 is 1.17 bits per heavy atom. The summed E-state index contributed by atoms with van der Waals surface area (Å²) in [6.45, 7) is -2.56. The predicted octanol–water partition coefficient (Wildman–Crippen LogP) is 4.32. The summed E-state index contributed by atoms with van der Waals surface area (Å²) in [5, 5.41) is 5.57. The minimum atomic E-state index is -2.93. The molecule has 0 radical (unpaired) electrons. The van der Waals surface area contributed by atoms with E-state index in [1.807, 2.05) is 35.7 Å². The summed E-state index contributed by atoms with van der Waals surface area (Å²) in [4.78, 5) is 16.7. The van der Waals surface area contributed by atoms with Crippen LogP contribution in [-0.4, -0.2) is 31.2 Å². The fraction of sp³-hybridized carbons (Fsp3) is 0.238. The summed E-state index contributed by atoms with van der Waals surface area (Å²) in [5.41, 5.74) is 2.48. The van der Waals surface area contributed by atoms with Gasteiger partial charge >= 0.3 is 6.61 Å². The van der Waals surface area contributed by atoms with Crippen molar-refractivity contribution in [3.05, 3.63) is 65.2 Å². The van der Waals surface area contributed by atoms with Gasteiger partial charge in [-0.2, -0.15) is 8.78 Å². The molecule has 0 aliphatic carbocycles. The molecule has 0 aliphatic rings. The predicted molar refractivity (Wildman–Crippen MR) is 108 cm³/mol. The number of amides is 1. The standard InChI is InChI=1S/C21H20F2N2O3S/c1-27-17-8-7-14(11-18(17)28-21(22)23)9-10-24-19(26)12-16-13-29-20(25-16)15-5-3-2-4-6-15/h2-8,11,13,21H,9-10,12H2,1H3,(H,24,26). The quantitative estimate of drug-likeness (QED) is 0.562. The Hall–Kier alpha value is -3.00. The number of alkyl halides is 2. The number of halogens is 2. The molecule has 1 N–H and O–H groups in total. The summed E-state index contributed by atoms with van der Waals surface area (Å²) >= 11 is 1.50. The number of benzene rings is 2. The molecule has 0 spiro atoms. The maximum atomic E-state index is 12.5. The molecule has 1 aromatic heterocycles. The van der Waals surface area contributed by atoms with E-state index in [1.54, 1.807) is 12.1 Å². The van der Waals surface area contributed by atoms with Gasteiger partial charge in [0, 0.05) is 17.5 Å². The van der Waals surface area contributed by atoms with E-state index in [0.29, 0.717) is 18.7 Å². The Morgan fingerprint density at radius 3 is 2.69 bits per heavy atom. The number of thiazole rings is 1. The highest BCUT2D eigenvalue weighted by Gasteiger charge is 2.12. The molecule has 0 fully saturated rings. The van der Waals surface area contributed by atoms with E-state index in [4.69, 9.17) is 4.74 Å². The molecule has 0 unspecified atom stereocenters. The number of nitrogens with one attached hydrogen (secondary N) is 1. The summed E-state index contributed by atoms with van der Waals surface area (Å²) < 4.78 is 34.5. The van der Waals surface area contributed by atoms with Gasteiger partial charge in [0.25, 0.3) is 0 Å². The van der Waals surface area contributed by atoms with E-state index in [1.165, 1.54) is 24.5 Å². The zero-order valence-corrected chi connectivity index (χ0v) is 16.5. The molecule has 0 atom stereocenters. The second kappa shape index (κ2) is 9.97. The van der Waals surface area contributed by atoms with Crippen LogP contribution in [0, 0.1) is 0 Å². The van der Waals surface area contributed by atoms with Crippen LogP contribution in [0.5, 0.6) is 11.5 Å². The van der Waals surface area contributed by atoms with Gasteiger partial charge < -0.3 is 14.8 Å². The number of nitrogens with zero attached hydrogens (tertiary/aromatic N) is 1. The van der Waals surface area contributed by atoms with Crippen molar-refractivity contribution >= 4 is 17.2 Å². The van der Waals surface area contributed by atoms with Crippen molar-refractivity contribution in [2.75, 3.05) is 13.7 Å². The Bertz CT molecular complexity index is 948. The van der Waals surface area contributed by atoms with Crippen LogP contribution in [0.1, 0.15) is 11.3 Å². The molecule has 8 heteroatoms. The maximum Gasteiger partial charge on any atom is 0.387 e. The molecule has 5 nitrogen and oxygen atoms in total. The van der Waals surface area contributed by atoms with E-state index in [-0.39, 0.29) is 23.8 Å². The van der Waals surface area contributed by atoms with Gasteiger partial charge in [0.15, 0.2) is 11.5 Å². The maximum absolute atomic E-state index is 12.5. The number of ether oxygens (including phenoxy) is 2. The number of hydrogen-bond donors (Lipinski definition) is 1. The zero-order valence-electron chi connectivity index (χ0n) is 15.7. The fourth-order valence-electron chi connectivity index (χ4n) is 2.74. The van der Waals surface area contributed by atoms with Gasteiger partial charge in [-0.05, 0) is 24.1 Å². The molecular weight excluding hydrogens is 398 g/mol. The molecule has 0 saturated carbocycles. The van der Waals surface area contributed by atoms with Gasteiger partial charge in [-0.1, -0.05) is 36.4 Å². The van der Waals surface area contributed by atoms with Crippen LogP contribution >= 0.6 is 11.3 Å². The molecule has 2 aromatic carbocycles. The van der Waals surface area contributed by atoms with E-state index in [9.17, 15) is 13.6 Å². The largest absolute Gasteiger partial charge is 0.493 e. The first kappa shape index (κ1) is 20.7. The molecule has 3 aromatic rings. The summed E-state index contributed by atoms with van der Waals surface area (Å²) in [6.07, 6.45) is 0.660. The molecule has 0 aliphatic heterocycles. The van der Waals surface area contributed by atoms with Crippen molar-refractivity contribution in [3.63, 3.8) is 0 Å². The molecule has 1 amide bonds. The number of rotatable bonds is 9. The summed E-state index contributed by atoms with van der Waals surface area (Å²) in [6, 6.07) is 14.6. The smallest absolute Gasteiger partial charge is 0.387 e. The lowest BCUT2D eigenvalue weighted by Crippen LogP contribution is -2.27.